The normalized spacial score (nSPS) is 10.4. The molecule has 0 aliphatic rings. The fourth-order valence-electron chi connectivity index (χ4n) is 1.25. The minimum atomic E-state index is -0.802. The second kappa shape index (κ2) is 3.76. The van der Waals surface area contributed by atoms with Crippen LogP contribution in [0.5, 0.6) is 0 Å². The second-order valence-corrected chi connectivity index (χ2v) is 2.99. The fourth-order valence-corrected chi connectivity index (χ4v) is 1.25. The number of carbonyl (C=O) groups is 1. The fraction of sp³-hybridized carbons (Fsp3) is 0.111. The van der Waals surface area contributed by atoms with Gasteiger partial charge in [0, 0.05) is 6.07 Å². The number of carbonyl (C=O) groups excluding carboxylic acids is 1. The van der Waals surface area contributed by atoms with Crippen molar-refractivity contribution >= 4 is 23.1 Å². The number of aromatic nitrogens is 2. The number of hydrogen-bond donors (Lipinski definition) is 2. The van der Waals surface area contributed by atoms with Crippen molar-refractivity contribution in [2.24, 2.45) is 0 Å². The van der Waals surface area contributed by atoms with Gasteiger partial charge in [0.1, 0.15) is 11.3 Å². The third-order valence-electron chi connectivity index (χ3n) is 1.91. The Bertz CT molecular complexity index is 553. The first kappa shape index (κ1) is 10.3. The molecular weight excluding hydrogens is 220 g/mol. The molecule has 0 saturated carbocycles. The molecule has 1 aromatic carbocycles. The van der Waals surface area contributed by atoms with Gasteiger partial charge in [0.2, 0.25) is 5.95 Å². The second-order valence-electron chi connectivity index (χ2n) is 2.99. The molecule has 2 rings (SSSR count). The summed E-state index contributed by atoms with van der Waals surface area (Å²) in [5.41, 5.74) is 0.108. The lowest BCUT2D eigenvalue weighted by atomic mass is 10.3. The van der Waals surface area contributed by atoms with Gasteiger partial charge in [0.05, 0.1) is 12.6 Å². The predicted octanol–water partition coefficient (Wildman–Crippen LogP) is 2.02. The van der Waals surface area contributed by atoms with Crippen LogP contribution in [0.25, 0.3) is 11.0 Å². The minimum absolute atomic E-state index is 0.00801. The Kier molecular flexibility index (Phi) is 2.43. The molecule has 84 valence electrons. The van der Waals surface area contributed by atoms with E-state index < -0.39 is 17.7 Å². The molecule has 16 heavy (non-hydrogen) atoms. The maximum atomic E-state index is 13.2. The van der Waals surface area contributed by atoms with Crippen molar-refractivity contribution in [1.29, 1.82) is 0 Å². The van der Waals surface area contributed by atoms with Crippen LogP contribution in [-0.4, -0.2) is 23.2 Å². The first-order valence-electron chi connectivity index (χ1n) is 4.30. The summed E-state index contributed by atoms with van der Waals surface area (Å²) in [6.45, 7) is 0. The number of hydrogen-bond acceptors (Lipinski definition) is 3. The number of nitrogens with one attached hydrogen (secondary N) is 2. The molecule has 0 saturated heterocycles. The number of amides is 1. The Labute approximate surface area is 88.4 Å². The summed E-state index contributed by atoms with van der Waals surface area (Å²) in [6.07, 6.45) is -0.750. The van der Waals surface area contributed by atoms with Crippen LogP contribution in [0.4, 0.5) is 19.5 Å². The highest BCUT2D eigenvalue weighted by Gasteiger charge is 2.11. The summed E-state index contributed by atoms with van der Waals surface area (Å²) in [6, 6.07) is 1.79. The van der Waals surface area contributed by atoms with Gasteiger partial charge in [-0.3, -0.25) is 5.32 Å². The molecule has 2 N–H and O–H groups in total. The van der Waals surface area contributed by atoms with E-state index in [1.807, 2.05) is 0 Å². The number of aromatic amines is 1. The van der Waals surface area contributed by atoms with Gasteiger partial charge < -0.3 is 9.72 Å². The van der Waals surface area contributed by atoms with Crippen LogP contribution < -0.4 is 5.32 Å². The summed E-state index contributed by atoms with van der Waals surface area (Å²) in [7, 11) is 1.18. The zero-order chi connectivity index (χ0) is 11.7. The maximum Gasteiger partial charge on any atom is 0.413 e. The van der Waals surface area contributed by atoms with E-state index in [1.54, 1.807) is 0 Å². The quantitative estimate of drug-likeness (QED) is 0.783. The van der Waals surface area contributed by atoms with Crippen LogP contribution >= 0.6 is 0 Å². The number of nitrogens with zero attached hydrogens (tertiary/aromatic N) is 1. The van der Waals surface area contributed by atoms with Crippen LogP contribution in [0.15, 0.2) is 12.1 Å². The maximum absolute atomic E-state index is 13.2. The van der Waals surface area contributed by atoms with E-state index in [0.717, 1.165) is 6.07 Å². The van der Waals surface area contributed by atoms with E-state index in [2.05, 4.69) is 20.0 Å². The van der Waals surface area contributed by atoms with Crippen LogP contribution in [0.1, 0.15) is 0 Å². The van der Waals surface area contributed by atoms with Crippen molar-refractivity contribution in [2.45, 2.75) is 0 Å². The summed E-state index contributed by atoms with van der Waals surface area (Å²) < 4.78 is 30.4. The molecule has 1 aromatic heterocycles. The lowest BCUT2D eigenvalue weighted by Crippen LogP contribution is -2.11. The zero-order valence-electron chi connectivity index (χ0n) is 8.17. The van der Waals surface area contributed by atoms with Gasteiger partial charge in [-0.15, -0.1) is 0 Å². The molecule has 1 amide bonds. The molecule has 0 radical (unpaired) electrons. The van der Waals surface area contributed by atoms with Crippen molar-refractivity contribution in [3.8, 4) is 0 Å². The molecule has 0 fully saturated rings. The number of benzene rings is 1. The van der Waals surface area contributed by atoms with E-state index in [0.29, 0.717) is 6.07 Å². The first-order chi connectivity index (χ1) is 7.60. The zero-order valence-corrected chi connectivity index (χ0v) is 8.17. The van der Waals surface area contributed by atoms with Gasteiger partial charge in [-0.25, -0.2) is 18.6 Å². The van der Waals surface area contributed by atoms with Crippen LogP contribution in [0.2, 0.25) is 0 Å². The topological polar surface area (TPSA) is 67.0 Å². The predicted molar refractivity (Wildman–Crippen MR) is 52.0 cm³/mol. The minimum Gasteiger partial charge on any atom is -0.453 e. The average Bonchev–Trinajstić information content (AvgIpc) is 2.60. The molecule has 0 spiro atoms. The van der Waals surface area contributed by atoms with E-state index in [9.17, 15) is 13.6 Å². The molecule has 0 atom stereocenters. The van der Waals surface area contributed by atoms with Crippen molar-refractivity contribution in [3.63, 3.8) is 0 Å². The molecule has 2 aromatic rings. The number of imidazole rings is 1. The number of rotatable bonds is 1. The number of ether oxygens (including phenoxy) is 1. The highest BCUT2D eigenvalue weighted by atomic mass is 19.1. The monoisotopic (exact) mass is 227 g/mol. The van der Waals surface area contributed by atoms with E-state index in [1.165, 1.54) is 7.11 Å². The van der Waals surface area contributed by atoms with Gasteiger partial charge in [0.15, 0.2) is 5.82 Å². The van der Waals surface area contributed by atoms with E-state index >= 15 is 0 Å². The smallest absolute Gasteiger partial charge is 0.413 e. The molecule has 7 heteroatoms. The van der Waals surface area contributed by atoms with E-state index in [4.69, 9.17) is 0 Å². The Morgan fingerprint density at radius 2 is 2.25 bits per heavy atom. The Morgan fingerprint density at radius 1 is 1.50 bits per heavy atom. The molecular formula is C9H7F2N3O2. The van der Waals surface area contributed by atoms with Crippen LogP contribution in [0, 0.1) is 11.6 Å². The molecule has 0 aliphatic heterocycles. The van der Waals surface area contributed by atoms with Gasteiger partial charge in [-0.2, -0.15) is 0 Å². The summed E-state index contributed by atoms with van der Waals surface area (Å²) >= 11 is 0. The SMILES string of the molecule is COC(=O)Nc1nc2c(F)cc(F)cc2[nH]1. The highest BCUT2D eigenvalue weighted by Crippen LogP contribution is 2.19. The van der Waals surface area contributed by atoms with E-state index in [-0.39, 0.29) is 17.0 Å². The van der Waals surface area contributed by atoms with Crippen molar-refractivity contribution < 1.29 is 18.3 Å². The first-order valence-corrected chi connectivity index (χ1v) is 4.30. The standard InChI is InChI=1S/C9H7F2N3O2/c1-16-9(15)14-8-12-6-3-4(10)2-5(11)7(6)13-8/h2-3H,1H3,(H2,12,13,14,15). The van der Waals surface area contributed by atoms with Crippen LogP contribution in [0.3, 0.4) is 0 Å². The third-order valence-corrected chi connectivity index (χ3v) is 1.91. The Morgan fingerprint density at radius 3 is 2.94 bits per heavy atom. The number of methoxy groups -OCH3 is 1. The summed E-state index contributed by atoms with van der Waals surface area (Å²) in [4.78, 5) is 17.1. The molecule has 0 unspecified atom stereocenters. The molecule has 0 bridgehead atoms. The Balaban J connectivity index is 2.44. The van der Waals surface area contributed by atoms with Gasteiger partial charge in [-0.05, 0) is 6.07 Å². The lowest BCUT2D eigenvalue weighted by molar-refractivity contribution is 0.186. The largest absolute Gasteiger partial charge is 0.453 e. The third kappa shape index (κ3) is 1.79. The highest BCUT2D eigenvalue weighted by molar-refractivity contribution is 5.86. The molecule has 1 heterocycles. The number of anilines is 1. The van der Waals surface area contributed by atoms with Gasteiger partial charge in [0.25, 0.3) is 0 Å². The van der Waals surface area contributed by atoms with Crippen molar-refractivity contribution in [3.05, 3.63) is 23.8 Å². The lowest BCUT2D eigenvalue weighted by Gasteiger charge is -1.96. The number of halogens is 2. The summed E-state index contributed by atoms with van der Waals surface area (Å²) in [5, 5.41) is 2.21. The van der Waals surface area contributed by atoms with Crippen LogP contribution in [-0.2, 0) is 4.74 Å². The van der Waals surface area contributed by atoms with Crippen molar-refractivity contribution in [1.82, 2.24) is 9.97 Å². The molecule has 0 aliphatic carbocycles. The number of fused-ring (bicyclic) bond motifs is 1. The Hall–Kier alpha value is -2.18. The van der Waals surface area contributed by atoms with Gasteiger partial charge in [-0.1, -0.05) is 0 Å². The number of H-pyrrole nitrogens is 1. The van der Waals surface area contributed by atoms with Crippen molar-refractivity contribution in [2.75, 3.05) is 12.4 Å². The summed E-state index contributed by atoms with van der Waals surface area (Å²) in [5.74, 6) is -1.53. The molecule has 5 nitrogen and oxygen atoms in total. The van der Waals surface area contributed by atoms with Gasteiger partial charge >= 0.3 is 6.09 Å². The average molecular weight is 227 g/mol.